The minimum absolute atomic E-state index is 0.0887. The topological polar surface area (TPSA) is 111 Å². The number of hydrogen-bond donors (Lipinski definition) is 3. The molecule has 1 aliphatic rings. The molecule has 7 nitrogen and oxygen atoms in total. The van der Waals surface area contributed by atoms with E-state index in [-0.39, 0.29) is 26.8 Å². The van der Waals surface area contributed by atoms with Crippen LogP contribution in [0.15, 0.2) is 34.2 Å². The van der Waals surface area contributed by atoms with Crippen LogP contribution in [-0.2, 0) is 20.9 Å². The van der Waals surface area contributed by atoms with Crippen LogP contribution in [0.3, 0.4) is 0 Å². The Bertz CT molecular complexity index is 1100. The van der Waals surface area contributed by atoms with E-state index in [1.54, 1.807) is 11.8 Å². The van der Waals surface area contributed by atoms with E-state index in [0.717, 1.165) is 16.0 Å². The van der Waals surface area contributed by atoms with Gasteiger partial charge < -0.3 is 15.2 Å². The number of thioether (sulfide) groups is 1. The molecule has 0 radical (unpaired) electrons. The molecule has 0 saturated carbocycles. The smallest absolute Gasteiger partial charge is 0.352 e. The van der Waals surface area contributed by atoms with Gasteiger partial charge in [0.2, 0.25) is 0 Å². The van der Waals surface area contributed by atoms with Crippen LogP contribution < -0.4 is 0 Å². The van der Waals surface area contributed by atoms with E-state index in [1.165, 1.54) is 16.4 Å². The summed E-state index contributed by atoms with van der Waals surface area (Å²) in [6.07, 6.45) is 1.37. The number of carbonyl (C=O) groups is 1. The Labute approximate surface area is 200 Å². The van der Waals surface area contributed by atoms with Crippen LogP contribution in [0, 0.1) is 0 Å². The summed E-state index contributed by atoms with van der Waals surface area (Å²) >= 11 is 1.73. The highest BCUT2D eigenvalue weighted by Gasteiger charge is 2.32. The van der Waals surface area contributed by atoms with Gasteiger partial charge >= 0.3 is 5.97 Å². The van der Waals surface area contributed by atoms with Crippen molar-refractivity contribution >= 4 is 27.8 Å². The molecule has 2 aromatic rings. The Kier molecular flexibility index (Phi) is 6.99. The first-order chi connectivity index (χ1) is 15.1. The highest BCUT2D eigenvalue weighted by atomic mass is 32.2. The molecule has 0 aliphatic carbocycles. The number of nitrogens with one attached hydrogen (secondary N) is 1. The van der Waals surface area contributed by atoms with E-state index < -0.39 is 16.0 Å². The molecule has 33 heavy (non-hydrogen) atoms. The number of hydrogen-bond acceptors (Lipinski definition) is 5. The lowest BCUT2D eigenvalue weighted by Gasteiger charge is -2.32. The molecular weight excluding hydrogens is 460 g/mol. The minimum atomic E-state index is -3.76. The third-order valence-electron chi connectivity index (χ3n) is 5.91. The first kappa shape index (κ1) is 25.6. The van der Waals surface area contributed by atoms with Crippen LogP contribution in [0.4, 0.5) is 0 Å². The zero-order valence-electron chi connectivity index (χ0n) is 20.1. The number of H-pyrrole nitrogens is 1. The number of piperidine rings is 1. The van der Waals surface area contributed by atoms with Gasteiger partial charge in [-0.2, -0.15) is 4.31 Å². The quantitative estimate of drug-likeness (QED) is 0.542. The van der Waals surface area contributed by atoms with Crippen molar-refractivity contribution < 1.29 is 23.4 Å². The van der Waals surface area contributed by atoms with Gasteiger partial charge in [-0.3, -0.25) is 0 Å². The lowest BCUT2D eigenvalue weighted by molar-refractivity contribution is 0.0690. The van der Waals surface area contributed by atoms with E-state index in [1.807, 2.05) is 0 Å². The maximum Gasteiger partial charge on any atom is 0.352 e. The number of aromatic hydroxyl groups is 1. The molecule has 0 spiro atoms. The van der Waals surface area contributed by atoms with Crippen molar-refractivity contribution in [2.45, 2.75) is 80.4 Å². The number of carboxylic acids is 1. The Morgan fingerprint density at radius 3 is 1.97 bits per heavy atom. The molecule has 182 valence electrons. The van der Waals surface area contributed by atoms with Gasteiger partial charge in [0.05, 0.1) is 0 Å². The average molecular weight is 495 g/mol. The van der Waals surface area contributed by atoms with Gasteiger partial charge in [-0.05, 0) is 47.9 Å². The summed E-state index contributed by atoms with van der Waals surface area (Å²) in [5, 5.41) is 20.1. The van der Waals surface area contributed by atoms with Gasteiger partial charge in [-0.25, -0.2) is 13.2 Å². The van der Waals surface area contributed by atoms with E-state index in [4.69, 9.17) is 5.11 Å². The maximum atomic E-state index is 12.9. The average Bonchev–Trinajstić information content (AvgIpc) is 3.19. The van der Waals surface area contributed by atoms with E-state index in [9.17, 15) is 18.3 Å². The maximum absolute atomic E-state index is 12.9. The number of aromatic carboxylic acids is 1. The monoisotopic (exact) mass is 494 g/mol. The standard InChI is InChI=1S/C24H34N2O5S2/c1-23(2,3)17-13-16(14-18(21(17)27)24(4,5)6)32-15-9-11-26(12-10-15)33(30,31)20-8-7-19(25-20)22(28)29/h7-8,13-15,25,27H,9-12H2,1-6H3,(H,28,29). The Morgan fingerprint density at radius 1 is 1.03 bits per heavy atom. The van der Waals surface area contributed by atoms with E-state index in [2.05, 4.69) is 58.7 Å². The van der Waals surface area contributed by atoms with Crippen molar-refractivity contribution in [2.24, 2.45) is 0 Å². The molecule has 0 bridgehead atoms. The van der Waals surface area contributed by atoms with Gasteiger partial charge in [0, 0.05) is 34.4 Å². The molecular formula is C24H34N2O5S2. The predicted octanol–water partition coefficient (Wildman–Crippen LogP) is 4.96. The summed E-state index contributed by atoms with van der Waals surface area (Å²) in [6.45, 7) is 13.3. The molecule has 3 N–H and O–H groups in total. The number of nitrogens with zero attached hydrogens (tertiary/aromatic N) is 1. The number of aromatic amines is 1. The van der Waals surface area contributed by atoms with Crippen molar-refractivity contribution in [1.29, 1.82) is 0 Å². The van der Waals surface area contributed by atoms with Crippen molar-refractivity contribution in [3.63, 3.8) is 0 Å². The highest BCUT2D eigenvalue weighted by Crippen LogP contribution is 2.43. The summed E-state index contributed by atoms with van der Waals surface area (Å²) in [5.41, 5.74) is 1.28. The number of phenols is 1. The zero-order chi connectivity index (χ0) is 24.8. The van der Waals surface area contributed by atoms with E-state index >= 15 is 0 Å². The fourth-order valence-corrected chi connectivity index (χ4v) is 6.64. The molecule has 2 heterocycles. The molecule has 1 aromatic carbocycles. The van der Waals surface area contributed by atoms with Gasteiger partial charge in [0.25, 0.3) is 10.0 Å². The molecule has 0 unspecified atom stereocenters. The summed E-state index contributed by atoms with van der Waals surface area (Å²) in [6, 6.07) is 6.69. The number of sulfonamides is 1. The second-order valence-electron chi connectivity index (χ2n) is 10.6. The van der Waals surface area contributed by atoms with Gasteiger partial charge in [0.1, 0.15) is 16.5 Å². The molecule has 0 atom stereocenters. The minimum Gasteiger partial charge on any atom is -0.507 e. The van der Waals surface area contributed by atoms with Crippen LogP contribution >= 0.6 is 11.8 Å². The van der Waals surface area contributed by atoms with E-state index in [0.29, 0.717) is 31.7 Å². The number of carboxylic acid groups (broad SMARTS) is 1. The lowest BCUT2D eigenvalue weighted by Crippen LogP contribution is -2.39. The largest absolute Gasteiger partial charge is 0.507 e. The summed E-state index contributed by atoms with van der Waals surface area (Å²) in [4.78, 5) is 14.6. The Hall–Kier alpha value is -1.97. The van der Waals surface area contributed by atoms with Crippen LogP contribution in [0.1, 0.15) is 76.0 Å². The second kappa shape index (κ2) is 9.00. The first-order valence-electron chi connectivity index (χ1n) is 11.1. The van der Waals surface area contributed by atoms with Crippen LogP contribution in [-0.4, -0.2) is 52.2 Å². The van der Waals surface area contributed by atoms with Gasteiger partial charge in [-0.15, -0.1) is 11.8 Å². The zero-order valence-corrected chi connectivity index (χ0v) is 21.7. The molecule has 1 fully saturated rings. The Morgan fingerprint density at radius 2 is 1.55 bits per heavy atom. The normalized spacial score (nSPS) is 16.8. The second-order valence-corrected chi connectivity index (χ2v) is 13.9. The number of phenolic OH excluding ortho intramolecular Hbond substituents is 1. The lowest BCUT2D eigenvalue weighted by atomic mass is 9.79. The Balaban J connectivity index is 1.76. The number of rotatable bonds is 5. The third-order valence-corrected chi connectivity index (χ3v) is 9.06. The van der Waals surface area contributed by atoms with Crippen molar-refractivity contribution in [3.05, 3.63) is 41.1 Å². The summed E-state index contributed by atoms with van der Waals surface area (Å²) < 4.78 is 27.2. The molecule has 3 rings (SSSR count). The summed E-state index contributed by atoms with van der Waals surface area (Å²) in [7, 11) is -3.76. The van der Waals surface area contributed by atoms with Crippen molar-refractivity contribution in [2.75, 3.05) is 13.1 Å². The number of benzene rings is 1. The van der Waals surface area contributed by atoms with Crippen LogP contribution in [0.5, 0.6) is 5.75 Å². The predicted molar refractivity (Wildman–Crippen MR) is 131 cm³/mol. The molecule has 9 heteroatoms. The van der Waals surface area contributed by atoms with Gasteiger partial charge in [-0.1, -0.05) is 41.5 Å². The third kappa shape index (κ3) is 5.58. The fraction of sp³-hybridized carbons (Fsp3) is 0.542. The number of aromatic nitrogens is 1. The molecule has 1 aliphatic heterocycles. The van der Waals surface area contributed by atoms with Gasteiger partial charge in [0.15, 0.2) is 0 Å². The molecule has 1 aromatic heterocycles. The molecule has 0 amide bonds. The highest BCUT2D eigenvalue weighted by molar-refractivity contribution is 8.00. The fourth-order valence-electron chi connectivity index (χ4n) is 3.99. The summed E-state index contributed by atoms with van der Waals surface area (Å²) in [5.74, 6) is -0.836. The van der Waals surface area contributed by atoms with Crippen molar-refractivity contribution in [1.82, 2.24) is 9.29 Å². The van der Waals surface area contributed by atoms with Crippen molar-refractivity contribution in [3.8, 4) is 5.75 Å². The first-order valence-corrected chi connectivity index (χ1v) is 13.4. The van der Waals surface area contributed by atoms with Crippen LogP contribution in [0.25, 0.3) is 0 Å². The SMILES string of the molecule is CC(C)(C)c1cc(SC2CCN(S(=O)(=O)c3ccc(C(=O)O)[nH]3)CC2)cc(C(C)(C)C)c1O. The van der Waals surface area contributed by atoms with Crippen LogP contribution in [0.2, 0.25) is 0 Å². The molecule has 1 saturated heterocycles.